The van der Waals surface area contributed by atoms with E-state index in [9.17, 15) is 27.5 Å². The van der Waals surface area contributed by atoms with Crippen molar-refractivity contribution in [1.82, 2.24) is 14.5 Å². The molecule has 35 heavy (non-hydrogen) atoms. The highest BCUT2D eigenvalue weighted by Crippen LogP contribution is 2.36. The Bertz CT molecular complexity index is 1340. The first kappa shape index (κ1) is 23.0. The van der Waals surface area contributed by atoms with Crippen LogP contribution in [0.5, 0.6) is 5.75 Å². The molecule has 2 unspecified atom stereocenters. The van der Waals surface area contributed by atoms with Crippen LogP contribution in [0.15, 0.2) is 59.7 Å². The molecular formula is C24H20F4N4O3. The van der Waals surface area contributed by atoms with E-state index < -0.39 is 24.1 Å². The molecule has 2 aliphatic heterocycles. The van der Waals surface area contributed by atoms with E-state index in [1.807, 2.05) is 0 Å². The molecule has 0 saturated heterocycles. The van der Waals surface area contributed by atoms with Gasteiger partial charge in [0.2, 0.25) is 5.95 Å². The molecule has 0 spiro atoms. The van der Waals surface area contributed by atoms with Crippen molar-refractivity contribution in [1.29, 1.82) is 0 Å². The van der Waals surface area contributed by atoms with Crippen molar-refractivity contribution in [2.45, 2.75) is 31.3 Å². The van der Waals surface area contributed by atoms with Crippen molar-refractivity contribution in [3.8, 4) is 5.75 Å². The van der Waals surface area contributed by atoms with Crippen molar-refractivity contribution < 1.29 is 27.4 Å². The summed E-state index contributed by atoms with van der Waals surface area (Å²) in [4.78, 5) is 22.5. The van der Waals surface area contributed by atoms with Crippen molar-refractivity contribution in [3.05, 3.63) is 87.9 Å². The lowest BCUT2D eigenvalue weighted by Gasteiger charge is -2.30. The third-order valence-electron chi connectivity index (χ3n) is 6.02. The van der Waals surface area contributed by atoms with E-state index in [-0.39, 0.29) is 37.0 Å². The van der Waals surface area contributed by atoms with Crippen LogP contribution >= 0.6 is 0 Å². The summed E-state index contributed by atoms with van der Waals surface area (Å²) in [5, 5.41) is 10.6. The zero-order valence-corrected chi connectivity index (χ0v) is 18.2. The largest absolute Gasteiger partial charge is 0.480 e. The van der Waals surface area contributed by atoms with Gasteiger partial charge in [0, 0.05) is 13.0 Å². The maximum Gasteiger partial charge on any atom is 0.425 e. The predicted molar refractivity (Wildman–Crippen MR) is 119 cm³/mol. The number of anilines is 1. The number of rotatable bonds is 4. The van der Waals surface area contributed by atoms with Crippen LogP contribution in [-0.4, -0.2) is 51.1 Å². The highest BCUT2D eigenvalue weighted by atomic mass is 19.4. The topological polar surface area (TPSA) is 80.5 Å². The number of aromatic nitrogens is 3. The molecule has 5 rings (SSSR count). The Labute approximate surface area is 196 Å². The Morgan fingerprint density at radius 3 is 2.60 bits per heavy atom. The van der Waals surface area contributed by atoms with Crippen LogP contribution in [0, 0.1) is 5.82 Å². The molecule has 7 nitrogen and oxygen atoms in total. The number of benzene rings is 2. The number of fused-ring (bicyclic) bond motifs is 1. The minimum absolute atomic E-state index is 0.0837. The van der Waals surface area contributed by atoms with E-state index in [1.54, 1.807) is 35.2 Å². The molecule has 2 aromatic carbocycles. The Hall–Kier alpha value is -3.73. The Morgan fingerprint density at radius 2 is 1.91 bits per heavy atom. The molecule has 0 amide bonds. The Kier molecular flexibility index (Phi) is 5.79. The quantitative estimate of drug-likeness (QED) is 0.569. The van der Waals surface area contributed by atoms with Crippen LogP contribution in [0.4, 0.5) is 23.5 Å². The summed E-state index contributed by atoms with van der Waals surface area (Å²) in [7, 11) is 0. The van der Waals surface area contributed by atoms with Crippen LogP contribution < -0.4 is 15.3 Å². The Balaban J connectivity index is 1.29. The summed E-state index contributed by atoms with van der Waals surface area (Å²) < 4.78 is 58.2. The van der Waals surface area contributed by atoms with Crippen molar-refractivity contribution >= 4 is 11.5 Å². The maximum atomic E-state index is 13.2. The molecule has 0 bridgehead atoms. The van der Waals surface area contributed by atoms with Gasteiger partial charge in [0.1, 0.15) is 17.9 Å². The summed E-state index contributed by atoms with van der Waals surface area (Å²) in [6.07, 6.45) is -4.38. The number of hydrogen-bond donors (Lipinski definition) is 1. The highest BCUT2D eigenvalue weighted by Gasteiger charge is 2.45. The van der Waals surface area contributed by atoms with E-state index in [2.05, 4.69) is 9.97 Å². The SMILES string of the molecule is O=c1nc(N2CC=C(c3ccc(F)cc3)C(O)C2)ncn1Cc1ccc2c(c1)CC(C(F)(F)F)O2. The maximum absolute atomic E-state index is 13.2. The summed E-state index contributed by atoms with van der Waals surface area (Å²) >= 11 is 0. The van der Waals surface area contributed by atoms with Gasteiger partial charge in [-0.05, 0) is 40.5 Å². The van der Waals surface area contributed by atoms with E-state index in [1.165, 1.54) is 29.1 Å². The number of ether oxygens (including phenoxy) is 1. The molecule has 0 aliphatic carbocycles. The first-order chi connectivity index (χ1) is 16.7. The van der Waals surface area contributed by atoms with Gasteiger partial charge in [-0.3, -0.25) is 4.57 Å². The van der Waals surface area contributed by atoms with Gasteiger partial charge in [-0.2, -0.15) is 18.2 Å². The normalized spacial score (nSPS) is 19.8. The second-order valence-corrected chi connectivity index (χ2v) is 8.45. The average molecular weight is 488 g/mol. The molecule has 11 heteroatoms. The fraction of sp³-hybridized carbons (Fsp3) is 0.292. The van der Waals surface area contributed by atoms with Gasteiger partial charge in [-0.1, -0.05) is 30.3 Å². The van der Waals surface area contributed by atoms with Gasteiger partial charge in [0.15, 0.2) is 6.10 Å². The van der Waals surface area contributed by atoms with Gasteiger partial charge in [-0.25, -0.2) is 14.2 Å². The molecule has 0 fully saturated rings. The van der Waals surface area contributed by atoms with Crippen LogP contribution in [0.2, 0.25) is 0 Å². The van der Waals surface area contributed by atoms with Gasteiger partial charge in [0.25, 0.3) is 0 Å². The monoisotopic (exact) mass is 488 g/mol. The number of β-amino-alcohol motifs (C(OH)–C–C–N with tert-alkyl or cyclic N) is 1. The van der Waals surface area contributed by atoms with E-state index in [4.69, 9.17) is 4.74 Å². The second-order valence-electron chi connectivity index (χ2n) is 8.45. The third-order valence-corrected chi connectivity index (χ3v) is 6.02. The molecule has 182 valence electrons. The van der Waals surface area contributed by atoms with Crippen LogP contribution in [-0.2, 0) is 13.0 Å². The molecule has 0 radical (unpaired) electrons. The minimum atomic E-state index is -4.45. The predicted octanol–water partition coefficient (Wildman–Crippen LogP) is 2.96. The fourth-order valence-electron chi connectivity index (χ4n) is 4.23. The van der Waals surface area contributed by atoms with E-state index in [0.717, 1.165) is 0 Å². The van der Waals surface area contributed by atoms with Crippen molar-refractivity contribution in [2.75, 3.05) is 18.0 Å². The lowest BCUT2D eigenvalue weighted by atomic mass is 9.97. The molecule has 0 saturated carbocycles. The third kappa shape index (κ3) is 4.76. The summed E-state index contributed by atoms with van der Waals surface area (Å²) in [5.74, 6) is -0.0317. The van der Waals surface area contributed by atoms with Crippen LogP contribution in [0.25, 0.3) is 5.57 Å². The fourth-order valence-corrected chi connectivity index (χ4v) is 4.23. The van der Waals surface area contributed by atoms with E-state index in [0.29, 0.717) is 28.8 Å². The second kappa shape index (κ2) is 8.81. The molecule has 2 aliphatic rings. The summed E-state index contributed by atoms with van der Waals surface area (Å²) in [6, 6.07) is 10.5. The number of halogens is 4. The zero-order valence-electron chi connectivity index (χ0n) is 18.2. The van der Waals surface area contributed by atoms with Gasteiger partial charge in [0.05, 0.1) is 19.2 Å². The molecule has 1 aromatic heterocycles. The average Bonchev–Trinajstić information content (AvgIpc) is 3.25. The zero-order chi connectivity index (χ0) is 24.7. The Morgan fingerprint density at radius 1 is 1.14 bits per heavy atom. The highest BCUT2D eigenvalue weighted by molar-refractivity contribution is 5.71. The smallest absolute Gasteiger partial charge is 0.425 e. The summed E-state index contributed by atoms with van der Waals surface area (Å²) in [6.45, 7) is 0.580. The van der Waals surface area contributed by atoms with Crippen molar-refractivity contribution in [2.24, 2.45) is 0 Å². The summed E-state index contributed by atoms with van der Waals surface area (Å²) in [5.41, 5.74) is 1.83. The van der Waals surface area contributed by atoms with Crippen molar-refractivity contribution in [3.63, 3.8) is 0 Å². The molecule has 3 heterocycles. The number of nitrogens with zero attached hydrogens (tertiary/aromatic N) is 4. The molecule has 3 aromatic rings. The van der Waals surface area contributed by atoms with Gasteiger partial charge >= 0.3 is 11.9 Å². The van der Waals surface area contributed by atoms with Crippen LogP contribution in [0.1, 0.15) is 16.7 Å². The minimum Gasteiger partial charge on any atom is -0.480 e. The molecule has 2 atom stereocenters. The lowest BCUT2D eigenvalue weighted by molar-refractivity contribution is -0.189. The number of aliphatic hydroxyl groups is 1. The number of alkyl halides is 3. The number of aliphatic hydroxyl groups excluding tert-OH is 1. The lowest BCUT2D eigenvalue weighted by Crippen LogP contribution is -2.40. The van der Waals surface area contributed by atoms with Crippen LogP contribution in [0.3, 0.4) is 0 Å². The van der Waals surface area contributed by atoms with Gasteiger partial charge in [-0.15, -0.1) is 0 Å². The molecule has 1 N–H and O–H groups in total. The first-order valence-electron chi connectivity index (χ1n) is 10.8. The van der Waals surface area contributed by atoms with Gasteiger partial charge < -0.3 is 14.7 Å². The molecular weight excluding hydrogens is 468 g/mol. The number of hydrogen-bond acceptors (Lipinski definition) is 6. The van der Waals surface area contributed by atoms with E-state index >= 15 is 0 Å². The first-order valence-corrected chi connectivity index (χ1v) is 10.8. The standard InChI is InChI=1S/C24H20F4N4O3/c25-17-4-2-15(3-5-17)18-7-8-31(12-19(18)33)22-29-13-32(23(34)30-22)11-14-1-6-20-16(9-14)10-21(35-20)24(26,27)28/h1-7,9,13,19,21,33H,8,10-12H2.